The van der Waals surface area contributed by atoms with Crippen molar-refractivity contribution >= 4 is 34.1 Å². The molecule has 0 amide bonds. The van der Waals surface area contributed by atoms with Crippen LogP contribution in [-0.4, -0.2) is 26.3 Å². The number of nitrogens with zero attached hydrogens (tertiary/aromatic N) is 1. The van der Waals surface area contributed by atoms with E-state index in [2.05, 4.69) is 10.3 Å². The van der Waals surface area contributed by atoms with E-state index in [4.69, 9.17) is 12.2 Å². The van der Waals surface area contributed by atoms with Gasteiger partial charge in [-0.1, -0.05) is 50.8 Å². The van der Waals surface area contributed by atoms with Crippen LogP contribution in [0.5, 0.6) is 0 Å². The molecule has 0 spiro atoms. The van der Waals surface area contributed by atoms with E-state index in [1.54, 1.807) is 6.20 Å². The molecule has 18 heavy (non-hydrogen) atoms. The average Bonchev–Trinajstić information content (AvgIpc) is 2.28. The Balaban J connectivity index is 2.26. The van der Waals surface area contributed by atoms with Gasteiger partial charge in [0.25, 0.3) is 0 Å². The smallest absolute Gasteiger partial charge is 0.139 e. The Morgan fingerprint density at radius 1 is 1.50 bits per heavy atom. The summed E-state index contributed by atoms with van der Waals surface area (Å²) in [6.07, 6.45) is 2.15. The number of aromatic nitrogens is 1. The number of thioether (sulfide) groups is 1. The minimum Gasteiger partial charge on any atom is -0.393 e. The molecular formula is C13H20N2OS2. The van der Waals surface area contributed by atoms with Crippen molar-refractivity contribution in [2.24, 2.45) is 5.41 Å². The molecule has 0 bridgehead atoms. The molecular weight excluding hydrogens is 264 g/mol. The maximum atomic E-state index is 9.90. The molecule has 0 aliphatic rings. The van der Waals surface area contributed by atoms with Crippen molar-refractivity contribution in [3.05, 3.63) is 24.4 Å². The number of hydrogen-bond acceptors (Lipinski definition) is 4. The normalized spacial score (nSPS) is 13.1. The van der Waals surface area contributed by atoms with Gasteiger partial charge in [-0.25, -0.2) is 4.98 Å². The number of rotatable bonds is 4. The summed E-state index contributed by atoms with van der Waals surface area (Å²) in [7, 11) is 0. The van der Waals surface area contributed by atoms with E-state index in [1.807, 2.05) is 39.0 Å². The molecule has 1 aromatic rings. The number of thiocarbonyl (C=S) groups is 1. The summed E-state index contributed by atoms with van der Waals surface area (Å²) in [5, 5.41) is 13.0. The van der Waals surface area contributed by atoms with Crippen LogP contribution in [0.15, 0.2) is 24.4 Å². The second-order valence-corrected chi connectivity index (χ2v) is 6.92. The van der Waals surface area contributed by atoms with Crippen molar-refractivity contribution in [1.29, 1.82) is 0 Å². The van der Waals surface area contributed by atoms with E-state index in [9.17, 15) is 5.11 Å². The zero-order valence-electron chi connectivity index (χ0n) is 11.0. The molecule has 2 N–H and O–H groups in total. The van der Waals surface area contributed by atoms with Crippen LogP contribution in [0.4, 0.5) is 5.82 Å². The zero-order valence-corrected chi connectivity index (χ0v) is 12.6. The Labute approximate surface area is 118 Å². The number of aliphatic hydroxyl groups is 1. The summed E-state index contributed by atoms with van der Waals surface area (Å²) in [4.78, 5) is 4.14. The molecule has 1 aromatic heterocycles. The summed E-state index contributed by atoms with van der Waals surface area (Å²) >= 11 is 6.75. The van der Waals surface area contributed by atoms with E-state index in [0.717, 1.165) is 18.0 Å². The van der Waals surface area contributed by atoms with E-state index in [0.29, 0.717) is 4.32 Å². The first-order chi connectivity index (χ1) is 8.39. The predicted octanol–water partition coefficient (Wildman–Crippen LogP) is 3.31. The van der Waals surface area contributed by atoms with Crippen molar-refractivity contribution in [2.45, 2.75) is 33.3 Å². The predicted molar refractivity (Wildman–Crippen MR) is 83.0 cm³/mol. The fraction of sp³-hybridized carbons (Fsp3) is 0.538. The van der Waals surface area contributed by atoms with Crippen LogP contribution < -0.4 is 5.32 Å². The minimum atomic E-state index is -0.303. The van der Waals surface area contributed by atoms with Crippen LogP contribution in [0, 0.1) is 5.41 Å². The molecule has 0 aromatic carbocycles. The van der Waals surface area contributed by atoms with Gasteiger partial charge < -0.3 is 10.4 Å². The second-order valence-electron chi connectivity index (χ2n) is 5.15. The lowest BCUT2D eigenvalue weighted by molar-refractivity contribution is 0.0611. The van der Waals surface area contributed by atoms with E-state index >= 15 is 0 Å². The molecule has 0 aliphatic carbocycles. The topological polar surface area (TPSA) is 45.1 Å². The molecule has 0 saturated heterocycles. The molecule has 1 rings (SSSR count). The van der Waals surface area contributed by atoms with Crippen molar-refractivity contribution in [3.63, 3.8) is 0 Å². The summed E-state index contributed by atoms with van der Waals surface area (Å²) in [5.74, 6) is 1.56. The van der Waals surface area contributed by atoms with Crippen LogP contribution in [0.2, 0.25) is 0 Å². The van der Waals surface area contributed by atoms with Gasteiger partial charge in [-0.3, -0.25) is 0 Å². The summed E-state index contributed by atoms with van der Waals surface area (Å²) in [6.45, 7) is 6.10. The van der Waals surface area contributed by atoms with Gasteiger partial charge in [0.2, 0.25) is 0 Å². The average molecular weight is 284 g/mol. The van der Waals surface area contributed by atoms with E-state index < -0.39 is 0 Å². The molecule has 5 heteroatoms. The van der Waals surface area contributed by atoms with Gasteiger partial charge in [-0.15, -0.1) is 0 Å². The first-order valence-electron chi connectivity index (χ1n) is 5.92. The number of hydrogen-bond donors (Lipinski definition) is 2. The van der Waals surface area contributed by atoms with Crippen molar-refractivity contribution in [3.8, 4) is 0 Å². The summed E-state index contributed by atoms with van der Waals surface area (Å²) < 4.78 is 0.690. The zero-order chi connectivity index (χ0) is 13.6. The molecule has 0 fully saturated rings. The minimum absolute atomic E-state index is 0.0728. The number of aliphatic hydroxyl groups excluding tert-OH is 1. The van der Waals surface area contributed by atoms with Gasteiger partial charge in [0, 0.05) is 11.9 Å². The first kappa shape index (κ1) is 15.4. The van der Waals surface area contributed by atoms with Crippen LogP contribution in [0.3, 0.4) is 0 Å². The summed E-state index contributed by atoms with van der Waals surface area (Å²) in [6, 6.07) is 5.64. The molecule has 0 radical (unpaired) electrons. The highest BCUT2D eigenvalue weighted by atomic mass is 32.2. The fourth-order valence-corrected chi connectivity index (χ4v) is 2.33. The lowest BCUT2D eigenvalue weighted by Gasteiger charge is -2.25. The quantitative estimate of drug-likeness (QED) is 0.831. The number of nitrogens with one attached hydrogen (secondary N) is 1. The summed E-state index contributed by atoms with van der Waals surface area (Å²) in [5.41, 5.74) is -0.0728. The highest BCUT2D eigenvalue weighted by molar-refractivity contribution is 8.23. The maximum absolute atomic E-state index is 9.90. The molecule has 3 nitrogen and oxygen atoms in total. The Bertz CT molecular complexity index is 376. The molecule has 1 atom stereocenters. The maximum Gasteiger partial charge on any atom is 0.139 e. The van der Waals surface area contributed by atoms with E-state index in [-0.39, 0.29) is 11.5 Å². The standard InChI is InChI=1S/C13H20N2OS2/c1-13(2,3)10(16)7-9-18-12(17)15-11-6-4-5-8-14-11/h4-6,8,10,16H,7,9H2,1-3H3,(H,14,15,17). The van der Waals surface area contributed by atoms with Gasteiger partial charge in [0.05, 0.1) is 6.10 Å². The Hall–Kier alpha value is -0.650. The third kappa shape index (κ3) is 5.80. The third-order valence-electron chi connectivity index (χ3n) is 2.52. The molecule has 100 valence electrons. The number of pyridine rings is 1. The van der Waals surface area contributed by atoms with Crippen molar-refractivity contribution in [1.82, 2.24) is 4.98 Å². The first-order valence-corrected chi connectivity index (χ1v) is 7.32. The molecule has 0 aliphatic heterocycles. The van der Waals surface area contributed by atoms with E-state index in [1.165, 1.54) is 11.8 Å². The number of anilines is 1. The Kier molecular flexibility index (Phi) is 6.05. The van der Waals surface area contributed by atoms with Crippen LogP contribution in [0.25, 0.3) is 0 Å². The Morgan fingerprint density at radius 2 is 2.22 bits per heavy atom. The third-order valence-corrected chi connectivity index (χ3v) is 3.78. The Morgan fingerprint density at radius 3 is 2.78 bits per heavy atom. The van der Waals surface area contributed by atoms with Crippen molar-refractivity contribution < 1.29 is 5.11 Å². The molecule has 0 saturated carbocycles. The fourth-order valence-electron chi connectivity index (χ4n) is 1.27. The highest BCUT2D eigenvalue weighted by Crippen LogP contribution is 2.23. The van der Waals surface area contributed by atoms with Gasteiger partial charge in [0.1, 0.15) is 10.1 Å². The van der Waals surface area contributed by atoms with Crippen LogP contribution in [-0.2, 0) is 0 Å². The van der Waals surface area contributed by atoms with Crippen LogP contribution >= 0.6 is 24.0 Å². The lowest BCUT2D eigenvalue weighted by atomic mass is 9.88. The monoisotopic (exact) mass is 284 g/mol. The van der Waals surface area contributed by atoms with Gasteiger partial charge in [0.15, 0.2) is 0 Å². The largest absolute Gasteiger partial charge is 0.393 e. The molecule has 1 heterocycles. The second kappa shape index (κ2) is 7.07. The lowest BCUT2D eigenvalue weighted by Crippen LogP contribution is -2.26. The van der Waals surface area contributed by atoms with Crippen LogP contribution in [0.1, 0.15) is 27.2 Å². The highest BCUT2D eigenvalue weighted by Gasteiger charge is 2.21. The molecule has 1 unspecified atom stereocenters. The van der Waals surface area contributed by atoms with Gasteiger partial charge in [-0.2, -0.15) is 0 Å². The van der Waals surface area contributed by atoms with Crippen molar-refractivity contribution in [2.75, 3.05) is 11.1 Å². The van der Waals surface area contributed by atoms with Gasteiger partial charge in [-0.05, 0) is 24.0 Å². The van der Waals surface area contributed by atoms with Gasteiger partial charge >= 0.3 is 0 Å². The SMILES string of the molecule is CC(C)(C)C(O)CCSC(=S)Nc1ccccn1.